The topological polar surface area (TPSA) is 19.9 Å². The van der Waals surface area contributed by atoms with E-state index < -0.39 is 0 Å². The van der Waals surface area contributed by atoms with Gasteiger partial charge in [0.15, 0.2) is 5.75 Å². The highest BCUT2D eigenvalue weighted by Gasteiger charge is 2.05. The van der Waals surface area contributed by atoms with E-state index in [0.717, 1.165) is 0 Å². The average Bonchev–Trinajstić information content (AvgIpc) is 2.42. The van der Waals surface area contributed by atoms with E-state index in [0.29, 0.717) is 5.92 Å². The first-order chi connectivity index (χ1) is 9.24. The molecule has 1 rings (SSSR count). The SMILES string of the molecule is CCCCCCCCCCC(C)c1ccc([O])cc1. The molecule has 0 aliphatic rings. The van der Waals surface area contributed by atoms with E-state index in [4.69, 9.17) is 0 Å². The lowest BCUT2D eigenvalue weighted by Gasteiger charge is -2.11. The fraction of sp³-hybridized carbons (Fsp3) is 0.667. The molecule has 19 heavy (non-hydrogen) atoms. The zero-order valence-electron chi connectivity index (χ0n) is 12.7. The van der Waals surface area contributed by atoms with Crippen molar-refractivity contribution < 1.29 is 5.11 Å². The summed E-state index contributed by atoms with van der Waals surface area (Å²) in [6.07, 6.45) is 12.3. The molecule has 0 aliphatic heterocycles. The molecule has 1 unspecified atom stereocenters. The molecule has 0 bridgehead atoms. The summed E-state index contributed by atoms with van der Waals surface area (Å²) >= 11 is 0. The van der Waals surface area contributed by atoms with Gasteiger partial charge in [-0.15, -0.1) is 0 Å². The summed E-state index contributed by atoms with van der Waals surface area (Å²) in [5, 5.41) is 11.1. The molecular weight excluding hydrogens is 232 g/mol. The standard InChI is InChI=1S/C18H29O/c1-3-4-5-6-7-8-9-10-11-16(2)17-12-14-18(19)15-13-17/h12-16H,3-11H2,1-2H3. The maximum absolute atomic E-state index is 11.1. The first kappa shape index (κ1) is 16.1. The van der Waals surface area contributed by atoms with Crippen LogP contribution in [0.15, 0.2) is 24.3 Å². The monoisotopic (exact) mass is 261 g/mol. The quantitative estimate of drug-likeness (QED) is 0.430. The van der Waals surface area contributed by atoms with Crippen LogP contribution in [0.25, 0.3) is 0 Å². The molecule has 1 atom stereocenters. The molecule has 0 saturated heterocycles. The number of hydrogen-bond acceptors (Lipinski definition) is 0. The van der Waals surface area contributed by atoms with E-state index in [1.54, 1.807) is 12.1 Å². The Kier molecular flexibility index (Phi) is 8.36. The Balaban J connectivity index is 2.04. The fourth-order valence-corrected chi connectivity index (χ4v) is 2.55. The highest BCUT2D eigenvalue weighted by Crippen LogP contribution is 2.24. The minimum Gasteiger partial charge on any atom is -0.290 e. The molecule has 0 spiro atoms. The zero-order chi connectivity index (χ0) is 13.9. The van der Waals surface area contributed by atoms with Crippen LogP contribution < -0.4 is 0 Å². The van der Waals surface area contributed by atoms with Crippen molar-refractivity contribution in [3.63, 3.8) is 0 Å². The molecule has 1 aromatic rings. The first-order valence-electron chi connectivity index (χ1n) is 8.01. The van der Waals surface area contributed by atoms with Gasteiger partial charge in [-0.25, -0.2) is 0 Å². The second-order valence-electron chi connectivity index (χ2n) is 5.73. The molecule has 0 saturated carbocycles. The highest BCUT2D eigenvalue weighted by atomic mass is 16.3. The molecule has 1 nitrogen and oxygen atoms in total. The van der Waals surface area contributed by atoms with Crippen molar-refractivity contribution in [3.8, 4) is 5.75 Å². The van der Waals surface area contributed by atoms with Crippen LogP contribution in [0.3, 0.4) is 0 Å². The Labute approximate surface area is 119 Å². The minimum absolute atomic E-state index is 0.114. The van der Waals surface area contributed by atoms with Gasteiger partial charge >= 0.3 is 0 Å². The molecular formula is C18H29O. The fourth-order valence-electron chi connectivity index (χ4n) is 2.55. The molecule has 1 heteroatoms. The largest absolute Gasteiger partial charge is 0.290 e. The highest BCUT2D eigenvalue weighted by molar-refractivity contribution is 5.27. The second-order valence-corrected chi connectivity index (χ2v) is 5.73. The summed E-state index contributed by atoms with van der Waals surface area (Å²) in [6, 6.07) is 7.33. The molecule has 0 aromatic heterocycles. The van der Waals surface area contributed by atoms with Crippen molar-refractivity contribution in [3.05, 3.63) is 29.8 Å². The number of unbranched alkanes of at least 4 members (excludes halogenated alkanes) is 7. The third-order valence-corrected chi connectivity index (χ3v) is 3.94. The lowest BCUT2D eigenvalue weighted by atomic mass is 9.94. The van der Waals surface area contributed by atoms with Gasteiger partial charge in [-0.05, 0) is 30.0 Å². The third kappa shape index (κ3) is 7.25. The molecule has 1 aromatic carbocycles. The summed E-state index contributed by atoms with van der Waals surface area (Å²) in [4.78, 5) is 0. The average molecular weight is 261 g/mol. The van der Waals surface area contributed by atoms with E-state index in [2.05, 4.69) is 13.8 Å². The van der Waals surface area contributed by atoms with Crippen LogP contribution in [-0.4, -0.2) is 0 Å². The lowest BCUT2D eigenvalue weighted by molar-refractivity contribution is 0.354. The number of rotatable bonds is 10. The smallest absolute Gasteiger partial charge is 0.178 e. The van der Waals surface area contributed by atoms with E-state index in [1.807, 2.05) is 12.1 Å². The van der Waals surface area contributed by atoms with Crippen molar-refractivity contribution in [2.45, 2.75) is 77.6 Å². The van der Waals surface area contributed by atoms with Gasteiger partial charge in [-0.3, -0.25) is 5.11 Å². The first-order valence-corrected chi connectivity index (χ1v) is 8.01. The molecule has 0 N–H and O–H groups in total. The molecule has 0 fully saturated rings. The minimum atomic E-state index is 0.114. The van der Waals surface area contributed by atoms with Crippen LogP contribution in [0.4, 0.5) is 0 Å². The van der Waals surface area contributed by atoms with E-state index in [1.165, 1.54) is 63.4 Å². The van der Waals surface area contributed by atoms with Crippen LogP contribution in [-0.2, 0) is 5.11 Å². The van der Waals surface area contributed by atoms with Gasteiger partial charge in [-0.2, -0.15) is 0 Å². The van der Waals surface area contributed by atoms with Gasteiger partial charge in [0, 0.05) is 0 Å². The van der Waals surface area contributed by atoms with Crippen LogP contribution in [0.5, 0.6) is 5.75 Å². The number of hydrogen-bond donors (Lipinski definition) is 0. The Morgan fingerprint density at radius 2 is 1.37 bits per heavy atom. The molecule has 0 aliphatic carbocycles. The van der Waals surface area contributed by atoms with Gasteiger partial charge in [0.2, 0.25) is 0 Å². The Hall–Kier alpha value is -0.980. The molecule has 107 valence electrons. The van der Waals surface area contributed by atoms with Crippen LogP contribution in [0.1, 0.15) is 83.1 Å². The van der Waals surface area contributed by atoms with Crippen molar-refractivity contribution in [1.82, 2.24) is 0 Å². The van der Waals surface area contributed by atoms with E-state index >= 15 is 0 Å². The van der Waals surface area contributed by atoms with Gasteiger partial charge < -0.3 is 0 Å². The second kappa shape index (κ2) is 9.89. The van der Waals surface area contributed by atoms with Crippen molar-refractivity contribution in [2.75, 3.05) is 0 Å². The lowest BCUT2D eigenvalue weighted by Crippen LogP contribution is -1.93. The molecule has 0 amide bonds. The molecule has 1 radical (unpaired) electrons. The normalized spacial score (nSPS) is 12.5. The van der Waals surface area contributed by atoms with Gasteiger partial charge in [0.25, 0.3) is 0 Å². The summed E-state index contributed by atoms with van der Waals surface area (Å²) in [6.45, 7) is 4.53. The van der Waals surface area contributed by atoms with Crippen LogP contribution >= 0.6 is 0 Å². The third-order valence-electron chi connectivity index (χ3n) is 3.94. The van der Waals surface area contributed by atoms with E-state index in [-0.39, 0.29) is 5.75 Å². The Bertz CT molecular complexity index is 315. The van der Waals surface area contributed by atoms with Crippen molar-refractivity contribution >= 4 is 0 Å². The summed E-state index contributed by atoms with van der Waals surface area (Å²) in [7, 11) is 0. The van der Waals surface area contributed by atoms with E-state index in [9.17, 15) is 5.11 Å². The zero-order valence-corrected chi connectivity index (χ0v) is 12.7. The number of benzene rings is 1. The predicted molar refractivity (Wildman–Crippen MR) is 82.2 cm³/mol. The summed E-state index contributed by atoms with van der Waals surface area (Å²) in [5.74, 6) is 0.698. The van der Waals surface area contributed by atoms with Crippen molar-refractivity contribution in [2.24, 2.45) is 0 Å². The molecule has 0 heterocycles. The summed E-state index contributed by atoms with van der Waals surface area (Å²) < 4.78 is 0. The summed E-state index contributed by atoms with van der Waals surface area (Å²) in [5.41, 5.74) is 1.31. The Morgan fingerprint density at radius 1 is 0.842 bits per heavy atom. The van der Waals surface area contributed by atoms with Crippen molar-refractivity contribution in [1.29, 1.82) is 0 Å². The maximum atomic E-state index is 11.1. The maximum Gasteiger partial charge on any atom is 0.178 e. The Morgan fingerprint density at radius 3 is 1.95 bits per heavy atom. The van der Waals surface area contributed by atoms with Gasteiger partial charge in [0.1, 0.15) is 0 Å². The van der Waals surface area contributed by atoms with Crippen LogP contribution in [0.2, 0.25) is 0 Å². The van der Waals surface area contributed by atoms with Gasteiger partial charge in [0.05, 0.1) is 0 Å². The van der Waals surface area contributed by atoms with Gasteiger partial charge in [-0.1, -0.05) is 77.3 Å². The predicted octanol–water partition coefficient (Wildman–Crippen LogP) is 6.46. The van der Waals surface area contributed by atoms with Crippen LogP contribution in [0, 0.1) is 0 Å².